The molecule has 3 rings (SSSR count). The molecule has 1 unspecified atom stereocenters. The molecule has 0 saturated heterocycles. The maximum Gasteiger partial charge on any atom is 0.268 e. The predicted octanol–water partition coefficient (Wildman–Crippen LogP) is 1.65. The first kappa shape index (κ1) is 15.5. The number of fused-ring (bicyclic) bond motifs is 1. The van der Waals surface area contributed by atoms with E-state index in [0.717, 1.165) is 5.56 Å². The molecule has 0 aliphatic carbocycles. The van der Waals surface area contributed by atoms with Gasteiger partial charge in [-0.25, -0.2) is 13.6 Å². The summed E-state index contributed by atoms with van der Waals surface area (Å²) in [5, 5.41) is 5.09. The summed E-state index contributed by atoms with van der Waals surface area (Å²) >= 11 is 0. The number of nitrogens with two attached hydrogens (primary N) is 1. The van der Waals surface area contributed by atoms with Crippen molar-refractivity contribution in [3.8, 4) is 5.75 Å². The van der Waals surface area contributed by atoms with Gasteiger partial charge in [-0.1, -0.05) is 18.2 Å². The molecule has 2 aromatic rings. The quantitative estimate of drug-likeness (QED) is 0.905. The van der Waals surface area contributed by atoms with Crippen molar-refractivity contribution < 1.29 is 17.9 Å². The number of hydrogen-bond donors (Lipinski definition) is 1. The van der Waals surface area contributed by atoms with Crippen LogP contribution in [0.15, 0.2) is 53.4 Å². The molecule has 0 aromatic heterocycles. The Kier molecular flexibility index (Phi) is 3.83. The van der Waals surface area contributed by atoms with Gasteiger partial charge in [0.25, 0.3) is 5.91 Å². The average molecular weight is 332 g/mol. The molecule has 23 heavy (non-hydrogen) atoms. The van der Waals surface area contributed by atoms with E-state index in [0.29, 0.717) is 18.0 Å². The fraction of sp³-hybridized carbons (Fsp3) is 0.188. The fourth-order valence-electron chi connectivity index (χ4n) is 2.49. The zero-order valence-corrected chi connectivity index (χ0v) is 13.3. The number of nitrogens with zero attached hydrogens (tertiary/aromatic N) is 1. The Labute approximate surface area is 134 Å². The van der Waals surface area contributed by atoms with Crippen molar-refractivity contribution in [1.82, 2.24) is 0 Å². The van der Waals surface area contributed by atoms with Crippen LogP contribution in [0.3, 0.4) is 0 Å². The number of hydrogen-bond acceptors (Lipinski definition) is 4. The lowest BCUT2D eigenvalue weighted by Gasteiger charge is -2.22. The van der Waals surface area contributed by atoms with Crippen LogP contribution in [0.1, 0.15) is 12.5 Å². The Morgan fingerprint density at radius 3 is 2.43 bits per heavy atom. The second kappa shape index (κ2) is 5.68. The number of amides is 1. The topological polar surface area (TPSA) is 89.7 Å². The highest BCUT2D eigenvalue weighted by Crippen LogP contribution is 2.29. The highest BCUT2D eigenvalue weighted by Gasteiger charge is 2.28. The van der Waals surface area contributed by atoms with E-state index in [-0.39, 0.29) is 10.8 Å². The largest absolute Gasteiger partial charge is 0.481 e. The van der Waals surface area contributed by atoms with Crippen LogP contribution in [0.4, 0.5) is 5.69 Å². The number of benzene rings is 2. The first-order valence-electron chi connectivity index (χ1n) is 7.05. The summed E-state index contributed by atoms with van der Waals surface area (Å²) in [6.07, 6.45) is -0.628. The first-order chi connectivity index (χ1) is 10.9. The molecule has 120 valence electrons. The van der Waals surface area contributed by atoms with Crippen molar-refractivity contribution >= 4 is 21.6 Å². The van der Waals surface area contributed by atoms with E-state index in [4.69, 9.17) is 9.88 Å². The Morgan fingerprint density at radius 1 is 1.13 bits per heavy atom. The normalized spacial score (nSPS) is 18.1. The Hall–Kier alpha value is -2.38. The molecule has 0 fully saturated rings. The van der Waals surface area contributed by atoms with Crippen molar-refractivity contribution in [1.29, 1.82) is 0 Å². The minimum atomic E-state index is -3.76. The second-order valence-corrected chi connectivity index (χ2v) is 6.89. The van der Waals surface area contributed by atoms with Crippen LogP contribution < -0.4 is 14.8 Å². The van der Waals surface area contributed by atoms with Crippen molar-refractivity contribution in [3.63, 3.8) is 0 Å². The maximum atomic E-state index is 12.6. The molecule has 1 heterocycles. The Balaban J connectivity index is 1.99. The van der Waals surface area contributed by atoms with Gasteiger partial charge in [0.15, 0.2) is 6.10 Å². The second-order valence-electron chi connectivity index (χ2n) is 5.33. The molecule has 0 bridgehead atoms. The smallest absolute Gasteiger partial charge is 0.268 e. The Morgan fingerprint density at radius 2 is 1.78 bits per heavy atom. The summed E-state index contributed by atoms with van der Waals surface area (Å²) in [7, 11) is -3.76. The monoisotopic (exact) mass is 332 g/mol. The van der Waals surface area contributed by atoms with Gasteiger partial charge in [0.2, 0.25) is 10.0 Å². The molecule has 2 N–H and O–H groups in total. The average Bonchev–Trinajstić information content (AvgIpc) is 2.64. The van der Waals surface area contributed by atoms with E-state index in [1.807, 2.05) is 24.3 Å². The van der Waals surface area contributed by atoms with Crippen LogP contribution >= 0.6 is 0 Å². The molecule has 0 saturated carbocycles. The van der Waals surface area contributed by atoms with Crippen molar-refractivity contribution in [2.45, 2.75) is 24.5 Å². The lowest BCUT2D eigenvalue weighted by molar-refractivity contribution is -0.124. The third-order valence-corrected chi connectivity index (χ3v) is 4.62. The van der Waals surface area contributed by atoms with Gasteiger partial charge in [-0.3, -0.25) is 4.79 Å². The molecule has 1 amide bonds. The molecule has 2 aromatic carbocycles. The van der Waals surface area contributed by atoms with Gasteiger partial charge < -0.3 is 9.64 Å². The minimum Gasteiger partial charge on any atom is -0.481 e. The predicted molar refractivity (Wildman–Crippen MR) is 85.5 cm³/mol. The third-order valence-electron chi connectivity index (χ3n) is 3.70. The molecule has 1 aliphatic heterocycles. The highest BCUT2D eigenvalue weighted by molar-refractivity contribution is 7.89. The fourth-order valence-corrected chi connectivity index (χ4v) is 3.01. The summed E-state index contributed by atoms with van der Waals surface area (Å²) in [6.45, 7) is 2.05. The third kappa shape index (κ3) is 3.06. The van der Waals surface area contributed by atoms with Crippen molar-refractivity contribution in [2.24, 2.45) is 5.14 Å². The Bertz CT molecular complexity index is 847. The van der Waals surface area contributed by atoms with Gasteiger partial charge in [-0.05, 0) is 37.3 Å². The van der Waals surface area contributed by atoms with E-state index in [9.17, 15) is 13.2 Å². The molecule has 0 radical (unpaired) electrons. The van der Waals surface area contributed by atoms with E-state index >= 15 is 0 Å². The summed E-state index contributed by atoms with van der Waals surface area (Å²) in [4.78, 5) is 14.1. The van der Waals surface area contributed by atoms with Gasteiger partial charge >= 0.3 is 0 Å². The van der Waals surface area contributed by atoms with E-state index in [2.05, 4.69) is 0 Å². The van der Waals surface area contributed by atoms with Gasteiger partial charge in [0.05, 0.1) is 11.4 Å². The van der Waals surface area contributed by atoms with Gasteiger partial charge in [-0.2, -0.15) is 0 Å². The molecule has 1 aliphatic rings. The maximum absolute atomic E-state index is 12.6. The molecule has 1 atom stereocenters. The number of anilines is 1. The van der Waals surface area contributed by atoms with E-state index in [1.165, 1.54) is 12.1 Å². The van der Waals surface area contributed by atoms with E-state index in [1.54, 1.807) is 24.0 Å². The number of para-hydroxylation sites is 1. The SMILES string of the molecule is CC1Oc2ccccc2CN(c2ccc(S(N)(=O)=O)cc2)C1=O. The van der Waals surface area contributed by atoms with Gasteiger partial charge in [-0.15, -0.1) is 0 Å². The summed E-state index contributed by atoms with van der Waals surface area (Å²) in [5.74, 6) is 0.488. The lowest BCUT2D eigenvalue weighted by atomic mass is 10.2. The van der Waals surface area contributed by atoms with Crippen LogP contribution in [0.5, 0.6) is 5.75 Å². The molecular weight excluding hydrogens is 316 g/mol. The van der Waals surface area contributed by atoms with Gasteiger partial charge in [0, 0.05) is 11.3 Å². The number of ether oxygens (including phenoxy) is 1. The zero-order valence-electron chi connectivity index (χ0n) is 12.5. The number of primary sulfonamides is 1. The number of carbonyl (C=O) groups is 1. The summed E-state index contributed by atoms with van der Waals surface area (Å²) in [6, 6.07) is 13.4. The van der Waals surface area contributed by atoms with Crippen LogP contribution in [0, 0.1) is 0 Å². The number of carbonyl (C=O) groups excluding carboxylic acids is 1. The number of rotatable bonds is 2. The minimum absolute atomic E-state index is 0.00761. The van der Waals surface area contributed by atoms with Gasteiger partial charge in [0.1, 0.15) is 5.75 Å². The van der Waals surface area contributed by atoms with Crippen LogP contribution in [-0.2, 0) is 21.4 Å². The summed E-state index contributed by atoms with van der Waals surface area (Å²) in [5.41, 5.74) is 1.48. The molecular formula is C16H16N2O4S. The summed E-state index contributed by atoms with van der Waals surface area (Å²) < 4.78 is 28.4. The van der Waals surface area contributed by atoms with Crippen LogP contribution in [0.2, 0.25) is 0 Å². The lowest BCUT2D eigenvalue weighted by Crippen LogP contribution is -2.38. The number of sulfonamides is 1. The van der Waals surface area contributed by atoms with Crippen molar-refractivity contribution in [2.75, 3.05) is 4.90 Å². The van der Waals surface area contributed by atoms with Crippen LogP contribution in [-0.4, -0.2) is 20.4 Å². The zero-order chi connectivity index (χ0) is 16.6. The molecule has 6 nitrogen and oxygen atoms in total. The molecule has 7 heteroatoms. The highest BCUT2D eigenvalue weighted by atomic mass is 32.2. The van der Waals surface area contributed by atoms with E-state index < -0.39 is 16.1 Å². The molecule has 0 spiro atoms. The van der Waals surface area contributed by atoms with Crippen molar-refractivity contribution in [3.05, 3.63) is 54.1 Å². The first-order valence-corrected chi connectivity index (χ1v) is 8.60. The standard InChI is InChI=1S/C16H16N2O4S/c1-11-16(19)18(10-12-4-2-3-5-15(12)22-11)13-6-8-14(9-7-13)23(17,20)21/h2-9,11H,10H2,1H3,(H2,17,20,21). The van der Waals surface area contributed by atoms with Crippen LogP contribution in [0.25, 0.3) is 0 Å².